The molecule has 2 aromatic carbocycles. The van der Waals surface area contributed by atoms with E-state index in [1.165, 1.54) is 12.8 Å². The van der Waals surface area contributed by atoms with Gasteiger partial charge in [0.05, 0.1) is 27.4 Å². The molecule has 2 aliphatic carbocycles. The first-order valence-electron chi connectivity index (χ1n) is 17.7. The lowest BCUT2D eigenvalue weighted by atomic mass is 9.61. The molecule has 12 rings (SSSR count). The molecule has 0 N–H and O–H groups in total. The van der Waals surface area contributed by atoms with E-state index in [9.17, 15) is 9.59 Å². The van der Waals surface area contributed by atoms with E-state index in [1.807, 2.05) is 70.5 Å². The zero-order chi connectivity index (χ0) is 32.7. The Balaban J connectivity index is 0.000000131. The van der Waals surface area contributed by atoms with Crippen molar-refractivity contribution in [3.8, 4) is 0 Å². The lowest BCUT2D eigenvalue weighted by Crippen LogP contribution is -2.73. The Hall–Kier alpha value is -3.76. The molecule has 48 heavy (non-hydrogen) atoms. The zero-order valence-electron chi connectivity index (χ0n) is 27.8. The highest BCUT2D eigenvalue weighted by atomic mass is 16.5. The summed E-state index contributed by atoms with van der Waals surface area (Å²) in [5.74, 6) is 2.33. The van der Waals surface area contributed by atoms with E-state index in [4.69, 9.17) is 28.9 Å². The molecule has 0 radical (unpaired) electrons. The number of piperidine rings is 2. The quantitative estimate of drug-likeness (QED) is 0.434. The molecule has 8 heterocycles. The van der Waals surface area contributed by atoms with Crippen molar-refractivity contribution in [2.45, 2.75) is 98.8 Å². The molecule has 2 aromatic rings. The van der Waals surface area contributed by atoms with Crippen molar-refractivity contribution in [3.05, 3.63) is 71.8 Å². The monoisotopic (exact) mass is 652 g/mol. The van der Waals surface area contributed by atoms with Crippen LogP contribution in [0.2, 0.25) is 0 Å². The van der Waals surface area contributed by atoms with Gasteiger partial charge in [-0.15, -0.1) is 0 Å². The van der Waals surface area contributed by atoms with Gasteiger partial charge in [0.2, 0.25) is 11.8 Å². The van der Waals surface area contributed by atoms with Crippen molar-refractivity contribution in [3.63, 3.8) is 0 Å². The maximum absolute atomic E-state index is 13.5. The summed E-state index contributed by atoms with van der Waals surface area (Å²) in [6.07, 6.45) is 9.47. The fourth-order valence-corrected chi connectivity index (χ4v) is 10.5. The number of benzene rings is 2. The van der Waals surface area contributed by atoms with E-state index in [2.05, 4.69) is 0 Å². The molecule has 10 nitrogen and oxygen atoms in total. The van der Waals surface area contributed by atoms with Crippen LogP contribution in [0.3, 0.4) is 0 Å². The van der Waals surface area contributed by atoms with E-state index < -0.39 is 22.2 Å². The summed E-state index contributed by atoms with van der Waals surface area (Å²) in [6, 6.07) is 20.0. The molecule has 0 unspecified atom stereocenters. The van der Waals surface area contributed by atoms with Crippen LogP contribution in [-0.2, 0) is 28.5 Å². The number of hydrogen-bond donors (Lipinski definition) is 0. The molecule has 10 aliphatic rings. The highest BCUT2D eigenvalue weighted by Crippen LogP contribution is 2.59. The standard InChI is InChI=1S/2C19H22N2O3/c2*1-23-16-18-11-14-9-5-6-10-19(14,20-16)17(22)21(18)15(24-12-18)13-7-3-2-4-8-13/h2*2-4,7-8,14-15H,5-6,9-12H2,1H3/t2*14-,15-,18+,19-/m11/s1. The predicted octanol–water partition coefficient (Wildman–Crippen LogP) is 5.35. The highest BCUT2D eigenvalue weighted by Gasteiger charge is 2.71. The summed E-state index contributed by atoms with van der Waals surface area (Å²) < 4.78 is 23.7. The molecule has 4 bridgehead atoms. The Morgan fingerprint density at radius 1 is 0.646 bits per heavy atom. The van der Waals surface area contributed by atoms with Gasteiger partial charge in [0.25, 0.3) is 11.8 Å². The second kappa shape index (κ2) is 10.9. The van der Waals surface area contributed by atoms with Gasteiger partial charge >= 0.3 is 0 Å². The van der Waals surface area contributed by atoms with Crippen LogP contribution in [0.1, 0.15) is 87.8 Å². The van der Waals surface area contributed by atoms with Gasteiger partial charge in [0.15, 0.2) is 12.5 Å². The molecule has 10 heteroatoms. The minimum Gasteiger partial charge on any atom is -0.483 e. The number of ether oxygens (including phenoxy) is 4. The Kier molecular flexibility index (Phi) is 6.86. The minimum atomic E-state index is -0.619. The lowest BCUT2D eigenvalue weighted by molar-refractivity contribution is -0.160. The Bertz CT molecular complexity index is 1560. The summed E-state index contributed by atoms with van der Waals surface area (Å²) in [5, 5.41) is 0. The third-order valence-electron chi connectivity index (χ3n) is 12.7. The zero-order valence-corrected chi connectivity index (χ0v) is 27.8. The highest BCUT2D eigenvalue weighted by molar-refractivity contribution is 6.04. The second-order valence-corrected chi connectivity index (χ2v) is 14.9. The van der Waals surface area contributed by atoms with Crippen molar-refractivity contribution < 1.29 is 28.5 Å². The largest absolute Gasteiger partial charge is 0.483 e. The molecular formula is C38H44N4O6. The first-order chi connectivity index (χ1) is 23.4. The predicted molar refractivity (Wildman–Crippen MR) is 177 cm³/mol. The normalized spacial score (nSPS) is 40.1. The van der Waals surface area contributed by atoms with Gasteiger partial charge in [-0.3, -0.25) is 19.4 Å². The van der Waals surface area contributed by atoms with Crippen LogP contribution in [0.4, 0.5) is 0 Å². The smallest absolute Gasteiger partial charge is 0.254 e. The van der Waals surface area contributed by atoms with Gasteiger partial charge in [-0.1, -0.05) is 86.3 Å². The Morgan fingerprint density at radius 3 is 1.46 bits per heavy atom. The average molecular weight is 653 g/mol. The van der Waals surface area contributed by atoms with Crippen LogP contribution in [0, 0.1) is 11.8 Å². The van der Waals surface area contributed by atoms with Gasteiger partial charge in [0, 0.05) is 11.1 Å². The van der Waals surface area contributed by atoms with E-state index in [0.29, 0.717) is 36.8 Å². The number of methoxy groups -OCH3 is 2. The van der Waals surface area contributed by atoms with Crippen LogP contribution >= 0.6 is 0 Å². The van der Waals surface area contributed by atoms with Crippen LogP contribution < -0.4 is 0 Å². The molecule has 2 saturated carbocycles. The maximum Gasteiger partial charge on any atom is 0.254 e. The summed E-state index contributed by atoms with van der Waals surface area (Å²) in [5.41, 5.74) is -0.228. The fourth-order valence-electron chi connectivity index (χ4n) is 10.5. The van der Waals surface area contributed by atoms with Crippen molar-refractivity contribution in [1.29, 1.82) is 0 Å². The van der Waals surface area contributed by atoms with Crippen LogP contribution in [-0.4, -0.2) is 83.0 Å². The van der Waals surface area contributed by atoms with Gasteiger partial charge in [-0.25, -0.2) is 9.98 Å². The van der Waals surface area contributed by atoms with E-state index in [1.54, 1.807) is 14.2 Å². The lowest BCUT2D eigenvalue weighted by Gasteiger charge is -2.57. The average Bonchev–Trinajstić information content (AvgIpc) is 3.72. The van der Waals surface area contributed by atoms with E-state index in [0.717, 1.165) is 62.5 Å². The topological polar surface area (TPSA) is 102 Å². The van der Waals surface area contributed by atoms with Gasteiger partial charge in [-0.05, 0) is 50.4 Å². The van der Waals surface area contributed by atoms with Crippen LogP contribution in [0.25, 0.3) is 0 Å². The summed E-state index contributed by atoms with van der Waals surface area (Å²) in [4.78, 5) is 40.8. The molecule has 4 saturated heterocycles. The Labute approximate surface area is 281 Å². The minimum absolute atomic E-state index is 0.144. The third-order valence-corrected chi connectivity index (χ3v) is 12.7. The summed E-state index contributed by atoms with van der Waals surface area (Å²) in [7, 11) is 3.34. The van der Waals surface area contributed by atoms with Crippen LogP contribution in [0.5, 0.6) is 0 Å². The molecule has 8 aliphatic heterocycles. The maximum atomic E-state index is 13.5. The van der Waals surface area contributed by atoms with Gasteiger partial charge < -0.3 is 18.9 Å². The van der Waals surface area contributed by atoms with Gasteiger partial charge in [0.1, 0.15) is 22.2 Å². The first-order valence-corrected chi connectivity index (χ1v) is 17.7. The molecule has 8 atom stereocenters. The molecule has 2 amide bonds. The third kappa shape index (κ3) is 3.87. The van der Waals surface area contributed by atoms with Crippen molar-refractivity contribution in [2.75, 3.05) is 27.4 Å². The van der Waals surface area contributed by atoms with Crippen molar-refractivity contribution in [2.24, 2.45) is 21.8 Å². The number of hydrogen-bond acceptors (Lipinski definition) is 8. The summed E-state index contributed by atoms with van der Waals surface area (Å²) in [6.45, 7) is 0.940. The molecular weight excluding hydrogens is 608 g/mol. The van der Waals surface area contributed by atoms with E-state index in [-0.39, 0.29) is 24.3 Å². The number of nitrogens with zero attached hydrogens (tertiary/aromatic N) is 4. The molecule has 6 fully saturated rings. The van der Waals surface area contributed by atoms with Crippen LogP contribution in [0.15, 0.2) is 70.6 Å². The van der Waals surface area contributed by atoms with Crippen molar-refractivity contribution >= 4 is 23.6 Å². The molecule has 4 spiro atoms. The number of carbonyl (C=O) groups excluding carboxylic acids is 2. The SMILES string of the molecule is COC1=N[C@]23CCCC[C@@H]2C[C@]12CO[C@H](c1ccccc1)N2C3=O.COC1=N[C@]23CCCC[C@@H]2C[C@]12CO[C@H](c1ccccc1)N2C3=O. The number of aliphatic imine (C=N–C) groups is 2. The van der Waals surface area contributed by atoms with Gasteiger partial charge in [-0.2, -0.15) is 0 Å². The molecule has 0 aromatic heterocycles. The van der Waals surface area contributed by atoms with Crippen molar-refractivity contribution in [1.82, 2.24) is 9.80 Å². The number of rotatable bonds is 2. The number of amides is 2. The molecule has 252 valence electrons. The second-order valence-electron chi connectivity index (χ2n) is 14.9. The fraction of sp³-hybridized carbons (Fsp3) is 0.579. The first kappa shape index (κ1) is 30.3. The number of carbonyl (C=O) groups is 2. The van der Waals surface area contributed by atoms with E-state index >= 15 is 0 Å². The summed E-state index contributed by atoms with van der Waals surface area (Å²) >= 11 is 0. The Morgan fingerprint density at radius 2 is 1.06 bits per heavy atom.